The number of nitrogens with two attached hydrogens (primary N) is 2. The first-order chi connectivity index (χ1) is 14.1. The maximum atomic E-state index is 9.69. The van der Waals surface area contributed by atoms with Crippen LogP contribution in [0, 0.1) is 0 Å². The highest BCUT2D eigenvalue weighted by Gasteiger charge is 2.34. The summed E-state index contributed by atoms with van der Waals surface area (Å²) in [5.74, 6) is 0.377. The number of rotatable bonds is 4. The number of nitrogen functional groups attached to an aromatic ring is 1. The van der Waals surface area contributed by atoms with Gasteiger partial charge in [0, 0.05) is 24.3 Å². The fraction of sp³-hybridized carbons (Fsp3) is 0.286. The molecule has 1 fully saturated rings. The normalized spacial score (nSPS) is 19.4. The average Bonchev–Trinajstić information content (AvgIpc) is 3.34. The number of aromatic nitrogens is 4. The second-order valence-corrected chi connectivity index (χ2v) is 7.78. The molecule has 5 rings (SSSR count). The van der Waals surface area contributed by atoms with Gasteiger partial charge in [0.2, 0.25) is 0 Å². The molecule has 0 radical (unpaired) electrons. The van der Waals surface area contributed by atoms with E-state index in [9.17, 15) is 5.11 Å². The van der Waals surface area contributed by atoms with Crippen LogP contribution < -0.4 is 16.4 Å². The zero-order valence-electron chi connectivity index (χ0n) is 16.0. The molecule has 0 saturated carbocycles. The average molecular weight is 389 g/mol. The number of hydrogen-bond donors (Lipinski definition) is 3. The summed E-state index contributed by atoms with van der Waals surface area (Å²) in [5.41, 5.74) is 15.3. The maximum Gasteiger partial charge on any atom is 0.165 e. The van der Waals surface area contributed by atoms with Crippen molar-refractivity contribution >= 4 is 33.4 Å². The molecule has 5 N–H and O–H groups in total. The topological polar surface area (TPSA) is 119 Å². The fourth-order valence-electron chi connectivity index (χ4n) is 4.20. The Kier molecular flexibility index (Phi) is 4.11. The predicted molar refractivity (Wildman–Crippen MR) is 114 cm³/mol. The van der Waals surface area contributed by atoms with E-state index in [1.807, 2.05) is 16.7 Å². The maximum absolute atomic E-state index is 9.69. The van der Waals surface area contributed by atoms with Gasteiger partial charge in [-0.3, -0.25) is 0 Å². The van der Waals surface area contributed by atoms with Gasteiger partial charge in [0.25, 0.3) is 0 Å². The molecular weight excluding hydrogens is 366 g/mol. The number of aliphatic hydroxyl groups excluding tert-OH is 1. The van der Waals surface area contributed by atoms with Crippen molar-refractivity contribution in [3.05, 3.63) is 54.6 Å². The molecule has 1 saturated heterocycles. The molecule has 8 nitrogen and oxygen atoms in total. The number of imidazole rings is 1. The smallest absolute Gasteiger partial charge is 0.165 e. The van der Waals surface area contributed by atoms with Gasteiger partial charge >= 0.3 is 0 Å². The van der Waals surface area contributed by atoms with Gasteiger partial charge in [-0.25, -0.2) is 15.0 Å². The third-order valence-corrected chi connectivity index (χ3v) is 5.81. The number of fused-ring (bicyclic) bond motifs is 2. The van der Waals surface area contributed by atoms with Crippen LogP contribution in [0.1, 0.15) is 12.0 Å². The van der Waals surface area contributed by atoms with Crippen molar-refractivity contribution in [3.63, 3.8) is 0 Å². The molecule has 29 heavy (non-hydrogen) atoms. The Morgan fingerprint density at radius 3 is 2.79 bits per heavy atom. The molecule has 2 aromatic carbocycles. The van der Waals surface area contributed by atoms with Crippen LogP contribution in [0.3, 0.4) is 0 Å². The third-order valence-electron chi connectivity index (χ3n) is 5.81. The zero-order valence-corrected chi connectivity index (χ0v) is 16.0. The van der Waals surface area contributed by atoms with Gasteiger partial charge in [-0.15, -0.1) is 0 Å². The number of benzene rings is 2. The van der Waals surface area contributed by atoms with Crippen LogP contribution in [-0.4, -0.2) is 49.9 Å². The molecule has 1 atom stereocenters. The summed E-state index contributed by atoms with van der Waals surface area (Å²) in [5, 5.41) is 12.0. The van der Waals surface area contributed by atoms with Gasteiger partial charge in [-0.1, -0.05) is 30.3 Å². The highest BCUT2D eigenvalue weighted by molar-refractivity contribution is 5.91. The Morgan fingerprint density at radius 1 is 1.10 bits per heavy atom. The molecule has 2 aromatic heterocycles. The van der Waals surface area contributed by atoms with Crippen molar-refractivity contribution in [1.29, 1.82) is 0 Å². The molecule has 1 aliphatic rings. The quantitative estimate of drug-likeness (QED) is 0.484. The Balaban J connectivity index is 1.64. The molecule has 0 aliphatic carbocycles. The Hall–Kier alpha value is -3.23. The minimum Gasteiger partial charge on any atom is -0.394 e. The van der Waals surface area contributed by atoms with Crippen LogP contribution in [0.25, 0.3) is 21.9 Å². The van der Waals surface area contributed by atoms with Crippen LogP contribution in [0.5, 0.6) is 0 Å². The van der Waals surface area contributed by atoms with Crippen LogP contribution in [0.15, 0.2) is 49.1 Å². The lowest BCUT2D eigenvalue weighted by atomic mass is 10.0. The first-order valence-corrected chi connectivity index (χ1v) is 9.65. The van der Waals surface area contributed by atoms with Crippen molar-refractivity contribution in [1.82, 2.24) is 19.5 Å². The van der Waals surface area contributed by atoms with E-state index in [1.54, 1.807) is 6.33 Å². The summed E-state index contributed by atoms with van der Waals surface area (Å²) in [4.78, 5) is 15.1. The van der Waals surface area contributed by atoms with Crippen LogP contribution in [0.2, 0.25) is 0 Å². The summed E-state index contributed by atoms with van der Waals surface area (Å²) in [6, 6.07) is 12.6. The molecule has 0 bridgehead atoms. The number of hydrogen-bond acceptors (Lipinski definition) is 7. The molecule has 0 amide bonds. The van der Waals surface area contributed by atoms with E-state index in [2.05, 4.69) is 44.1 Å². The lowest BCUT2D eigenvalue weighted by Gasteiger charge is -2.26. The highest BCUT2D eigenvalue weighted by Crippen LogP contribution is 2.34. The van der Waals surface area contributed by atoms with Crippen molar-refractivity contribution < 1.29 is 5.11 Å². The summed E-state index contributed by atoms with van der Waals surface area (Å²) in [7, 11) is 0. The van der Waals surface area contributed by atoms with Crippen molar-refractivity contribution in [2.45, 2.75) is 18.5 Å². The first kappa shape index (κ1) is 17.8. The van der Waals surface area contributed by atoms with Gasteiger partial charge in [0.15, 0.2) is 11.5 Å². The van der Waals surface area contributed by atoms with Crippen molar-refractivity contribution in [2.24, 2.45) is 5.73 Å². The third kappa shape index (κ3) is 2.97. The molecule has 1 aliphatic heterocycles. The van der Waals surface area contributed by atoms with E-state index in [-0.39, 0.29) is 6.61 Å². The van der Waals surface area contributed by atoms with Crippen molar-refractivity contribution in [3.8, 4) is 0 Å². The molecule has 3 heterocycles. The zero-order chi connectivity index (χ0) is 20.0. The van der Waals surface area contributed by atoms with E-state index in [4.69, 9.17) is 11.5 Å². The highest BCUT2D eigenvalue weighted by atomic mass is 16.3. The number of anilines is 2. The van der Waals surface area contributed by atoms with E-state index in [0.29, 0.717) is 30.1 Å². The minimum atomic E-state index is -0.563. The van der Waals surface area contributed by atoms with Crippen LogP contribution in [-0.2, 0) is 6.54 Å². The Labute approximate surface area is 167 Å². The van der Waals surface area contributed by atoms with E-state index >= 15 is 0 Å². The van der Waals surface area contributed by atoms with E-state index < -0.39 is 5.54 Å². The summed E-state index contributed by atoms with van der Waals surface area (Å²) in [6.45, 7) is 2.00. The van der Waals surface area contributed by atoms with Gasteiger partial charge in [-0.2, -0.15) is 0 Å². The lowest BCUT2D eigenvalue weighted by Crippen LogP contribution is -2.46. The standard InChI is InChI=1S/C21H23N7O/c22-19-18-20(25-12-24-19)28(13-26-18)9-16-15-4-2-1-3-14(15)5-6-17(16)27-8-7-21(23,10-27)11-29/h1-6,12-13,29H,7-11,23H2,(H2,22,24,25). The van der Waals surface area contributed by atoms with E-state index in [1.165, 1.54) is 22.7 Å². The number of nitrogens with zero attached hydrogens (tertiary/aromatic N) is 5. The monoisotopic (exact) mass is 389 g/mol. The van der Waals surface area contributed by atoms with Gasteiger partial charge in [0.05, 0.1) is 25.0 Å². The molecule has 8 heteroatoms. The molecule has 148 valence electrons. The molecular formula is C21H23N7O. The van der Waals surface area contributed by atoms with Gasteiger partial charge in [-0.05, 0) is 23.3 Å². The lowest BCUT2D eigenvalue weighted by molar-refractivity contribution is 0.210. The predicted octanol–water partition coefficient (Wildman–Crippen LogP) is 1.51. The largest absolute Gasteiger partial charge is 0.394 e. The Morgan fingerprint density at radius 2 is 1.97 bits per heavy atom. The minimum absolute atomic E-state index is 0.0191. The van der Waals surface area contributed by atoms with Crippen LogP contribution in [0.4, 0.5) is 11.5 Å². The SMILES string of the molecule is Nc1ncnc2c1ncn2Cc1c(N2CCC(N)(CO)C2)ccc2ccccc12. The van der Waals surface area contributed by atoms with Crippen LogP contribution >= 0.6 is 0 Å². The molecule has 0 spiro atoms. The molecule has 1 unspecified atom stereocenters. The van der Waals surface area contributed by atoms with E-state index in [0.717, 1.165) is 18.7 Å². The summed E-state index contributed by atoms with van der Waals surface area (Å²) in [6.07, 6.45) is 3.98. The van der Waals surface area contributed by atoms with Crippen molar-refractivity contribution in [2.75, 3.05) is 30.3 Å². The summed E-state index contributed by atoms with van der Waals surface area (Å²) >= 11 is 0. The number of aliphatic hydroxyl groups is 1. The second-order valence-electron chi connectivity index (χ2n) is 7.78. The second kappa shape index (κ2) is 6.68. The van der Waals surface area contributed by atoms with Gasteiger partial charge in [0.1, 0.15) is 11.8 Å². The molecule has 4 aromatic rings. The Bertz CT molecular complexity index is 1200. The summed E-state index contributed by atoms with van der Waals surface area (Å²) < 4.78 is 2.00. The van der Waals surface area contributed by atoms with Gasteiger partial charge < -0.3 is 26.0 Å². The first-order valence-electron chi connectivity index (χ1n) is 9.65. The fourth-order valence-corrected chi connectivity index (χ4v) is 4.20.